The number of carbonyl (C=O) groups excluding carboxylic acids is 1. The number of nitrogens with one attached hydrogen (secondary N) is 2. The number of nitrogens with zero attached hydrogens (tertiary/aromatic N) is 2. The average Bonchev–Trinajstić information content (AvgIpc) is 3.21. The number of benzene rings is 3. The van der Waals surface area contributed by atoms with Crippen molar-refractivity contribution in [2.45, 2.75) is 19.0 Å². The molecule has 0 bridgehead atoms. The van der Waals surface area contributed by atoms with Crippen molar-refractivity contribution >= 4 is 45.3 Å². The lowest BCUT2D eigenvalue weighted by Gasteiger charge is -2.14. The SMILES string of the molecule is COc1cccc(NC(=O)CSc2nc3c([nH]c4ccccc43)c(=O)n2-c2cc(C)cc(C)c2)c1. The number of hydrogen-bond acceptors (Lipinski definition) is 5. The van der Waals surface area contributed by atoms with Gasteiger partial charge in [-0.05, 0) is 55.3 Å². The molecule has 3 aromatic carbocycles. The third kappa shape index (κ3) is 4.52. The minimum Gasteiger partial charge on any atom is -0.497 e. The van der Waals surface area contributed by atoms with Crippen molar-refractivity contribution in [1.29, 1.82) is 0 Å². The van der Waals surface area contributed by atoms with Crippen LogP contribution in [0, 0.1) is 13.8 Å². The summed E-state index contributed by atoms with van der Waals surface area (Å²) < 4.78 is 6.81. The Balaban J connectivity index is 1.56. The minimum absolute atomic E-state index is 0.0856. The maximum atomic E-state index is 13.7. The zero-order valence-electron chi connectivity index (χ0n) is 19.6. The number of H-pyrrole nitrogens is 1. The number of hydrogen-bond donors (Lipinski definition) is 2. The zero-order chi connectivity index (χ0) is 24.5. The first-order valence-electron chi connectivity index (χ1n) is 11.1. The number of aromatic nitrogens is 3. The van der Waals surface area contributed by atoms with Crippen LogP contribution in [0.3, 0.4) is 0 Å². The van der Waals surface area contributed by atoms with E-state index in [2.05, 4.69) is 16.4 Å². The number of amides is 1. The van der Waals surface area contributed by atoms with Crippen molar-refractivity contribution < 1.29 is 9.53 Å². The van der Waals surface area contributed by atoms with Gasteiger partial charge in [0.25, 0.3) is 5.56 Å². The lowest BCUT2D eigenvalue weighted by molar-refractivity contribution is -0.113. The molecule has 2 N–H and O–H groups in total. The molecule has 2 aromatic heterocycles. The van der Waals surface area contributed by atoms with Crippen molar-refractivity contribution in [3.63, 3.8) is 0 Å². The molecule has 1 amide bonds. The second kappa shape index (κ2) is 9.31. The summed E-state index contributed by atoms with van der Waals surface area (Å²) in [6.45, 7) is 3.98. The number of anilines is 1. The van der Waals surface area contributed by atoms with Gasteiger partial charge in [0.1, 0.15) is 16.8 Å². The number of aromatic amines is 1. The van der Waals surface area contributed by atoms with Gasteiger partial charge in [0, 0.05) is 22.7 Å². The molecule has 2 heterocycles. The number of para-hydroxylation sites is 1. The summed E-state index contributed by atoms with van der Waals surface area (Å²) in [7, 11) is 1.58. The van der Waals surface area contributed by atoms with Gasteiger partial charge in [0.2, 0.25) is 5.91 Å². The van der Waals surface area contributed by atoms with E-state index in [0.717, 1.165) is 27.7 Å². The molecular formula is C27H24N4O3S. The number of carbonyl (C=O) groups is 1. The van der Waals surface area contributed by atoms with E-state index < -0.39 is 0 Å². The van der Waals surface area contributed by atoms with E-state index in [-0.39, 0.29) is 17.2 Å². The zero-order valence-corrected chi connectivity index (χ0v) is 20.4. The molecule has 0 fully saturated rings. The highest BCUT2D eigenvalue weighted by Crippen LogP contribution is 2.27. The number of rotatable bonds is 6. The van der Waals surface area contributed by atoms with E-state index in [1.807, 2.05) is 62.4 Å². The summed E-state index contributed by atoms with van der Waals surface area (Å²) in [4.78, 5) is 34.6. The summed E-state index contributed by atoms with van der Waals surface area (Å²) >= 11 is 1.23. The average molecular weight is 485 g/mol. The fourth-order valence-electron chi connectivity index (χ4n) is 4.17. The summed E-state index contributed by atoms with van der Waals surface area (Å²) in [5.41, 5.74) is 5.12. The van der Waals surface area contributed by atoms with Gasteiger partial charge in [0.05, 0.1) is 18.6 Å². The second-order valence-corrected chi connectivity index (χ2v) is 9.29. The lowest BCUT2D eigenvalue weighted by Crippen LogP contribution is -2.23. The Morgan fingerprint density at radius 2 is 1.83 bits per heavy atom. The van der Waals surface area contributed by atoms with Crippen LogP contribution in [-0.2, 0) is 4.79 Å². The highest BCUT2D eigenvalue weighted by molar-refractivity contribution is 7.99. The quantitative estimate of drug-likeness (QED) is 0.255. The van der Waals surface area contributed by atoms with Crippen molar-refractivity contribution in [2.75, 3.05) is 18.2 Å². The largest absolute Gasteiger partial charge is 0.497 e. The van der Waals surface area contributed by atoms with Crippen molar-refractivity contribution in [3.05, 3.63) is 88.2 Å². The van der Waals surface area contributed by atoms with Crippen molar-refractivity contribution in [3.8, 4) is 11.4 Å². The van der Waals surface area contributed by atoms with Crippen LogP contribution >= 0.6 is 11.8 Å². The summed E-state index contributed by atoms with van der Waals surface area (Å²) in [5, 5.41) is 4.21. The predicted molar refractivity (Wildman–Crippen MR) is 141 cm³/mol. The van der Waals surface area contributed by atoms with Gasteiger partial charge in [-0.25, -0.2) is 4.98 Å². The molecule has 0 aliphatic heterocycles. The molecule has 35 heavy (non-hydrogen) atoms. The van der Waals surface area contributed by atoms with Gasteiger partial charge in [-0.2, -0.15) is 0 Å². The molecule has 0 saturated heterocycles. The molecule has 0 radical (unpaired) electrons. The van der Waals surface area contributed by atoms with Gasteiger partial charge in [0.15, 0.2) is 5.16 Å². The second-order valence-electron chi connectivity index (χ2n) is 8.34. The van der Waals surface area contributed by atoms with Crippen LogP contribution in [0.4, 0.5) is 5.69 Å². The fraction of sp³-hybridized carbons (Fsp3) is 0.148. The summed E-state index contributed by atoms with van der Waals surface area (Å²) in [6.07, 6.45) is 0. The van der Waals surface area contributed by atoms with Gasteiger partial charge in [-0.3, -0.25) is 14.2 Å². The molecule has 7 nitrogen and oxygen atoms in total. The van der Waals surface area contributed by atoms with Crippen LogP contribution in [0.2, 0.25) is 0 Å². The van der Waals surface area contributed by atoms with Gasteiger partial charge in [-0.15, -0.1) is 0 Å². The Morgan fingerprint density at radius 1 is 1.06 bits per heavy atom. The molecule has 5 rings (SSSR count). The Hall–Kier alpha value is -4.04. The molecule has 0 aliphatic carbocycles. The predicted octanol–water partition coefficient (Wildman–Crippen LogP) is 5.22. The molecule has 176 valence electrons. The van der Waals surface area contributed by atoms with Crippen LogP contribution in [0.1, 0.15) is 11.1 Å². The normalized spacial score (nSPS) is 11.2. The summed E-state index contributed by atoms with van der Waals surface area (Å²) in [6, 6.07) is 20.8. The number of ether oxygens (including phenoxy) is 1. The highest BCUT2D eigenvalue weighted by Gasteiger charge is 2.18. The maximum Gasteiger partial charge on any atom is 0.283 e. The minimum atomic E-state index is -0.205. The Kier molecular flexibility index (Phi) is 6.05. The molecule has 0 unspecified atom stereocenters. The van der Waals surface area contributed by atoms with Crippen LogP contribution in [0.5, 0.6) is 5.75 Å². The smallest absolute Gasteiger partial charge is 0.283 e. The first-order chi connectivity index (χ1) is 16.9. The lowest BCUT2D eigenvalue weighted by atomic mass is 10.1. The molecule has 0 spiro atoms. The van der Waals surface area contributed by atoms with E-state index in [0.29, 0.717) is 27.6 Å². The van der Waals surface area contributed by atoms with E-state index >= 15 is 0 Å². The fourth-order valence-corrected chi connectivity index (χ4v) is 4.98. The molecule has 8 heteroatoms. The number of fused-ring (bicyclic) bond motifs is 3. The van der Waals surface area contributed by atoms with Crippen molar-refractivity contribution in [2.24, 2.45) is 0 Å². The summed E-state index contributed by atoms with van der Waals surface area (Å²) in [5.74, 6) is 0.538. The first-order valence-corrected chi connectivity index (χ1v) is 12.1. The molecule has 0 aliphatic rings. The van der Waals surface area contributed by atoms with Gasteiger partial charge >= 0.3 is 0 Å². The molecular weight excluding hydrogens is 460 g/mol. The standard InChI is InChI=1S/C27H24N4O3S/c1-16-11-17(2)13-19(12-16)31-26(33)25-24(21-9-4-5-10-22(21)29-25)30-27(31)35-15-23(32)28-18-7-6-8-20(14-18)34-3/h4-14,29H,15H2,1-3H3,(H,28,32). The van der Waals surface area contributed by atoms with E-state index in [4.69, 9.17) is 9.72 Å². The topological polar surface area (TPSA) is 89.0 Å². The van der Waals surface area contributed by atoms with Gasteiger partial charge < -0.3 is 15.0 Å². The van der Waals surface area contributed by atoms with Crippen molar-refractivity contribution in [1.82, 2.24) is 14.5 Å². The van der Waals surface area contributed by atoms with E-state index in [1.54, 1.807) is 23.8 Å². The molecule has 0 atom stereocenters. The van der Waals surface area contributed by atoms with Crippen LogP contribution in [0.25, 0.3) is 27.6 Å². The number of aryl methyl sites for hydroxylation is 2. The number of methoxy groups -OCH3 is 1. The van der Waals surface area contributed by atoms with E-state index in [1.165, 1.54) is 11.8 Å². The van der Waals surface area contributed by atoms with Crippen LogP contribution in [0.15, 0.2) is 76.7 Å². The molecule has 0 saturated carbocycles. The third-order valence-electron chi connectivity index (χ3n) is 5.64. The van der Waals surface area contributed by atoms with Crippen LogP contribution in [-0.4, -0.2) is 33.3 Å². The van der Waals surface area contributed by atoms with Crippen LogP contribution < -0.4 is 15.6 Å². The maximum absolute atomic E-state index is 13.7. The third-order valence-corrected chi connectivity index (χ3v) is 6.58. The highest BCUT2D eigenvalue weighted by atomic mass is 32.2. The van der Waals surface area contributed by atoms with E-state index in [9.17, 15) is 9.59 Å². The van der Waals surface area contributed by atoms with Gasteiger partial charge in [-0.1, -0.05) is 42.1 Å². The Morgan fingerprint density at radius 3 is 2.60 bits per heavy atom. The Labute approximate surface area is 206 Å². The molecule has 5 aromatic rings. The number of thioether (sulfide) groups is 1. The Bertz CT molecular complexity index is 1620. The monoisotopic (exact) mass is 484 g/mol. The first kappa shape index (κ1) is 22.7.